The van der Waals surface area contributed by atoms with E-state index in [1.165, 1.54) is 10.6 Å². The minimum atomic E-state index is -3.56. The summed E-state index contributed by atoms with van der Waals surface area (Å²) in [6, 6.07) is 22.6. The van der Waals surface area contributed by atoms with Gasteiger partial charge in [-0.05, 0) is 61.9 Å². The van der Waals surface area contributed by atoms with Crippen LogP contribution in [0.1, 0.15) is 54.0 Å². The van der Waals surface area contributed by atoms with Crippen molar-refractivity contribution in [1.82, 2.24) is 10.2 Å². The van der Waals surface area contributed by atoms with Crippen molar-refractivity contribution in [2.24, 2.45) is 0 Å². The maximum Gasteiger partial charge on any atom is 0.243 e. The summed E-state index contributed by atoms with van der Waals surface area (Å²) in [7, 11) is -3.56. The van der Waals surface area contributed by atoms with Crippen LogP contribution in [0.3, 0.4) is 0 Å². The molecule has 0 aliphatic rings. The number of benzene rings is 3. The first-order valence-corrected chi connectivity index (χ1v) is 16.1. The van der Waals surface area contributed by atoms with Gasteiger partial charge in [-0.2, -0.15) is 0 Å². The largest absolute Gasteiger partial charge is 0.354 e. The third-order valence-electron chi connectivity index (χ3n) is 7.08. The molecular formula is C33H43N3O4S. The summed E-state index contributed by atoms with van der Waals surface area (Å²) in [6.45, 7) is 8.77. The Morgan fingerprint density at radius 2 is 1.54 bits per heavy atom. The zero-order chi connectivity index (χ0) is 30.0. The number of carbonyl (C=O) groups is 2. The fraction of sp³-hybridized carbons (Fsp3) is 0.394. The zero-order valence-electron chi connectivity index (χ0n) is 24.9. The van der Waals surface area contributed by atoms with Gasteiger partial charge in [-0.3, -0.25) is 13.9 Å². The van der Waals surface area contributed by atoms with E-state index < -0.39 is 16.1 Å². The molecule has 0 spiro atoms. The first-order valence-electron chi connectivity index (χ1n) is 14.2. The van der Waals surface area contributed by atoms with Crippen LogP contribution < -0.4 is 9.62 Å². The molecule has 3 rings (SSSR count). The van der Waals surface area contributed by atoms with Gasteiger partial charge >= 0.3 is 0 Å². The predicted octanol–water partition coefficient (Wildman–Crippen LogP) is 5.32. The van der Waals surface area contributed by atoms with Gasteiger partial charge in [0.2, 0.25) is 21.8 Å². The Hall–Kier alpha value is -3.65. The maximum absolute atomic E-state index is 13.9. The van der Waals surface area contributed by atoms with E-state index in [2.05, 4.69) is 5.32 Å². The highest BCUT2D eigenvalue weighted by molar-refractivity contribution is 7.92. The van der Waals surface area contributed by atoms with Gasteiger partial charge in [-0.15, -0.1) is 0 Å². The van der Waals surface area contributed by atoms with Crippen molar-refractivity contribution in [1.29, 1.82) is 0 Å². The van der Waals surface area contributed by atoms with Crippen LogP contribution in [0.5, 0.6) is 0 Å². The summed E-state index contributed by atoms with van der Waals surface area (Å²) in [5.41, 5.74) is 5.44. The first kappa shape index (κ1) is 31.9. The molecule has 41 heavy (non-hydrogen) atoms. The molecule has 3 aromatic carbocycles. The third kappa shape index (κ3) is 9.46. The quantitative estimate of drug-likeness (QED) is 0.281. The van der Waals surface area contributed by atoms with E-state index in [0.29, 0.717) is 25.1 Å². The van der Waals surface area contributed by atoms with E-state index in [1.807, 2.05) is 100 Å². The second-order valence-electron chi connectivity index (χ2n) is 10.7. The van der Waals surface area contributed by atoms with E-state index in [4.69, 9.17) is 0 Å². The Morgan fingerprint density at radius 1 is 0.878 bits per heavy atom. The second-order valence-corrected chi connectivity index (χ2v) is 12.6. The Morgan fingerprint density at radius 3 is 2.17 bits per heavy atom. The molecule has 0 saturated heterocycles. The van der Waals surface area contributed by atoms with E-state index in [-0.39, 0.29) is 31.3 Å². The van der Waals surface area contributed by atoms with Gasteiger partial charge in [0.1, 0.15) is 6.04 Å². The van der Waals surface area contributed by atoms with Gasteiger partial charge in [-0.1, -0.05) is 79.2 Å². The number of amides is 2. The van der Waals surface area contributed by atoms with Crippen molar-refractivity contribution in [3.63, 3.8) is 0 Å². The number of anilines is 1. The molecule has 0 heterocycles. The topological polar surface area (TPSA) is 86.8 Å². The third-order valence-corrected chi connectivity index (χ3v) is 8.26. The van der Waals surface area contributed by atoms with E-state index in [0.717, 1.165) is 34.2 Å². The molecule has 0 aliphatic heterocycles. The van der Waals surface area contributed by atoms with Crippen molar-refractivity contribution in [2.45, 2.75) is 66.0 Å². The first-order chi connectivity index (χ1) is 19.5. The highest BCUT2D eigenvalue weighted by Gasteiger charge is 2.30. The van der Waals surface area contributed by atoms with Crippen LogP contribution in [0.25, 0.3) is 0 Å². The van der Waals surface area contributed by atoms with Gasteiger partial charge in [0.15, 0.2) is 0 Å². The molecule has 0 fully saturated rings. The molecule has 0 radical (unpaired) electrons. The lowest BCUT2D eigenvalue weighted by molar-refractivity contribution is -0.141. The average Bonchev–Trinajstić information content (AvgIpc) is 2.94. The number of hydrogen-bond acceptors (Lipinski definition) is 4. The van der Waals surface area contributed by atoms with Crippen LogP contribution in [0, 0.1) is 20.8 Å². The average molecular weight is 578 g/mol. The summed E-state index contributed by atoms with van der Waals surface area (Å²) >= 11 is 0. The maximum atomic E-state index is 13.9. The molecule has 8 heteroatoms. The molecule has 3 aromatic rings. The zero-order valence-corrected chi connectivity index (χ0v) is 25.7. The van der Waals surface area contributed by atoms with E-state index >= 15 is 0 Å². The van der Waals surface area contributed by atoms with Gasteiger partial charge in [0.25, 0.3) is 0 Å². The Bertz CT molecular complexity index is 1410. The van der Waals surface area contributed by atoms with E-state index in [9.17, 15) is 18.0 Å². The SMILES string of the molecule is CCCNC(=O)[C@@H](Cc1ccccc1)N(Cc1ccc(C)cc1)C(=O)CCCN(c1cc(C)ccc1C)S(C)(=O)=O. The molecule has 0 unspecified atom stereocenters. The molecule has 220 valence electrons. The van der Waals surface area contributed by atoms with Crippen LogP contribution in [-0.2, 0) is 32.6 Å². The molecule has 0 aromatic heterocycles. The van der Waals surface area contributed by atoms with Crippen LogP contribution in [0.2, 0.25) is 0 Å². The number of aryl methyl sites for hydroxylation is 3. The normalized spacial score (nSPS) is 12.0. The van der Waals surface area contributed by atoms with E-state index in [1.54, 1.807) is 4.90 Å². The van der Waals surface area contributed by atoms with Crippen molar-refractivity contribution < 1.29 is 18.0 Å². The highest BCUT2D eigenvalue weighted by Crippen LogP contribution is 2.25. The molecule has 1 N–H and O–H groups in total. The molecule has 2 amide bonds. The lowest BCUT2D eigenvalue weighted by Gasteiger charge is -2.32. The number of sulfonamides is 1. The minimum absolute atomic E-state index is 0.106. The molecule has 1 atom stereocenters. The lowest BCUT2D eigenvalue weighted by Crippen LogP contribution is -2.50. The van der Waals surface area contributed by atoms with Gasteiger partial charge in [0.05, 0.1) is 11.9 Å². The fourth-order valence-corrected chi connectivity index (χ4v) is 5.80. The Labute approximate surface area is 245 Å². The molecular weight excluding hydrogens is 534 g/mol. The molecule has 7 nitrogen and oxygen atoms in total. The van der Waals surface area contributed by atoms with Gasteiger partial charge in [0, 0.05) is 32.5 Å². The number of nitrogens with zero attached hydrogens (tertiary/aromatic N) is 2. The van der Waals surface area contributed by atoms with Gasteiger partial charge < -0.3 is 10.2 Å². The Balaban J connectivity index is 1.88. The highest BCUT2D eigenvalue weighted by atomic mass is 32.2. The fourth-order valence-electron chi connectivity index (χ4n) is 4.78. The Kier molecular flexibility index (Phi) is 11.5. The summed E-state index contributed by atoms with van der Waals surface area (Å²) in [4.78, 5) is 29.0. The number of rotatable bonds is 14. The van der Waals surface area contributed by atoms with Crippen LogP contribution >= 0.6 is 0 Å². The molecule has 0 saturated carbocycles. The smallest absolute Gasteiger partial charge is 0.243 e. The molecule has 0 aliphatic carbocycles. The standard InChI is InChI=1S/C33H43N3O4S/c1-6-20-34-33(38)31(23-28-11-8-7-9-12-28)35(24-29-18-15-25(2)16-19-29)32(37)13-10-21-36(41(5,39)40)30-22-26(3)14-17-27(30)4/h7-9,11-12,14-19,22,31H,6,10,13,20-21,23-24H2,1-5H3,(H,34,38)/t31-/m1/s1. The van der Waals surface area contributed by atoms with Crippen LogP contribution in [0.15, 0.2) is 72.8 Å². The van der Waals surface area contributed by atoms with Crippen molar-refractivity contribution in [3.05, 3.63) is 101 Å². The van der Waals surface area contributed by atoms with Crippen molar-refractivity contribution in [3.8, 4) is 0 Å². The summed E-state index contributed by atoms with van der Waals surface area (Å²) in [6.07, 6.45) is 2.78. The number of hydrogen-bond donors (Lipinski definition) is 1. The van der Waals surface area contributed by atoms with Crippen LogP contribution in [0.4, 0.5) is 5.69 Å². The van der Waals surface area contributed by atoms with Gasteiger partial charge in [-0.25, -0.2) is 8.42 Å². The molecule has 0 bridgehead atoms. The van der Waals surface area contributed by atoms with Crippen LogP contribution in [-0.4, -0.2) is 50.5 Å². The second kappa shape index (κ2) is 14.8. The van der Waals surface area contributed by atoms with Crippen molar-refractivity contribution in [2.75, 3.05) is 23.7 Å². The monoisotopic (exact) mass is 577 g/mol. The summed E-state index contributed by atoms with van der Waals surface area (Å²) < 4.78 is 26.9. The summed E-state index contributed by atoms with van der Waals surface area (Å²) in [5, 5.41) is 2.99. The number of nitrogens with one attached hydrogen (secondary N) is 1. The number of carbonyl (C=O) groups excluding carboxylic acids is 2. The van der Waals surface area contributed by atoms with Crippen molar-refractivity contribution >= 4 is 27.5 Å². The lowest BCUT2D eigenvalue weighted by atomic mass is 10.0. The minimum Gasteiger partial charge on any atom is -0.354 e. The predicted molar refractivity (Wildman–Crippen MR) is 166 cm³/mol. The summed E-state index contributed by atoms with van der Waals surface area (Å²) in [5.74, 6) is -0.378.